The number of rotatable bonds is 5. The van der Waals surface area contributed by atoms with Crippen molar-refractivity contribution in [2.75, 3.05) is 6.54 Å². The van der Waals surface area contributed by atoms with E-state index in [2.05, 4.69) is 57.2 Å². The molecular formula is C18H23NO. The van der Waals surface area contributed by atoms with Gasteiger partial charge >= 0.3 is 0 Å². The molecule has 0 aromatic heterocycles. The Hall–Kier alpha value is -1.80. The molecule has 0 unspecified atom stereocenters. The van der Waals surface area contributed by atoms with Crippen molar-refractivity contribution >= 4 is 0 Å². The van der Waals surface area contributed by atoms with Crippen molar-refractivity contribution in [3.8, 4) is 5.75 Å². The highest BCUT2D eigenvalue weighted by atomic mass is 16.5. The maximum Gasteiger partial charge on any atom is 0.125 e. The predicted molar refractivity (Wildman–Crippen MR) is 84.2 cm³/mol. The maximum atomic E-state index is 6.09. The standard InChI is InChI=1S/C18H23NO/c1-13-7-8-14(2)17(11-13)12-20-18-15(3)5-4-6-16(18)9-10-19/h4-8,11H,9-10,12,19H2,1-3H3. The zero-order valence-corrected chi connectivity index (χ0v) is 12.6. The molecule has 0 aliphatic heterocycles. The minimum Gasteiger partial charge on any atom is -0.488 e. The second-order valence-electron chi connectivity index (χ2n) is 5.32. The lowest BCUT2D eigenvalue weighted by Crippen LogP contribution is -2.07. The van der Waals surface area contributed by atoms with Crippen LogP contribution >= 0.6 is 0 Å². The van der Waals surface area contributed by atoms with Gasteiger partial charge in [-0.05, 0) is 56.0 Å². The molecule has 20 heavy (non-hydrogen) atoms. The van der Waals surface area contributed by atoms with Gasteiger partial charge in [0.05, 0.1) is 0 Å². The summed E-state index contributed by atoms with van der Waals surface area (Å²) in [5.74, 6) is 0.985. The number of benzene rings is 2. The van der Waals surface area contributed by atoms with Gasteiger partial charge in [-0.2, -0.15) is 0 Å². The highest BCUT2D eigenvalue weighted by molar-refractivity contribution is 5.41. The number of aryl methyl sites for hydroxylation is 3. The zero-order chi connectivity index (χ0) is 14.5. The van der Waals surface area contributed by atoms with Crippen LogP contribution in [0.4, 0.5) is 0 Å². The Morgan fingerprint density at radius 1 is 0.950 bits per heavy atom. The van der Waals surface area contributed by atoms with Crippen LogP contribution in [-0.2, 0) is 13.0 Å². The van der Waals surface area contributed by atoms with Crippen LogP contribution in [0, 0.1) is 20.8 Å². The first kappa shape index (κ1) is 14.6. The number of nitrogens with two attached hydrogens (primary N) is 1. The fraction of sp³-hybridized carbons (Fsp3) is 0.333. The molecular weight excluding hydrogens is 246 g/mol. The maximum absolute atomic E-state index is 6.09. The van der Waals surface area contributed by atoms with Crippen LogP contribution < -0.4 is 10.5 Å². The van der Waals surface area contributed by atoms with Gasteiger partial charge in [-0.25, -0.2) is 0 Å². The van der Waals surface area contributed by atoms with E-state index < -0.39 is 0 Å². The van der Waals surface area contributed by atoms with Crippen molar-refractivity contribution in [2.45, 2.75) is 33.8 Å². The summed E-state index contributed by atoms with van der Waals surface area (Å²) in [4.78, 5) is 0. The summed E-state index contributed by atoms with van der Waals surface area (Å²) in [6.45, 7) is 7.56. The monoisotopic (exact) mass is 269 g/mol. The van der Waals surface area contributed by atoms with Gasteiger partial charge in [-0.1, -0.05) is 42.0 Å². The van der Waals surface area contributed by atoms with Gasteiger partial charge in [0.25, 0.3) is 0 Å². The third kappa shape index (κ3) is 3.40. The van der Waals surface area contributed by atoms with Crippen LogP contribution in [0.25, 0.3) is 0 Å². The first-order chi connectivity index (χ1) is 9.61. The molecule has 2 rings (SSSR count). The Labute approximate surface area is 121 Å². The van der Waals surface area contributed by atoms with E-state index in [4.69, 9.17) is 10.5 Å². The van der Waals surface area contributed by atoms with E-state index in [1.807, 2.05) is 0 Å². The minimum absolute atomic E-state index is 0.607. The molecule has 0 heterocycles. The predicted octanol–water partition coefficient (Wildman–Crippen LogP) is 3.69. The molecule has 0 aliphatic rings. The summed E-state index contributed by atoms with van der Waals surface area (Å²) in [5, 5.41) is 0. The molecule has 2 nitrogen and oxygen atoms in total. The second-order valence-corrected chi connectivity index (χ2v) is 5.32. The largest absolute Gasteiger partial charge is 0.488 e. The molecule has 106 valence electrons. The average Bonchev–Trinajstić information content (AvgIpc) is 2.42. The van der Waals surface area contributed by atoms with Gasteiger partial charge in [0.2, 0.25) is 0 Å². The summed E-state index contributed by atoms with van der Waals surface area (Å²) in [6, 6.07) is 12.7. The first-order valence-corrected chi connectivity index (χ1v) is 7.09. The highest BCUT2D eigenvalue weighted by Gasteiger charge is 2.07. The van der Waals surface area contributed by atoms with Crippen LogP contribution in [0.1, 0.15) is 27.8 Å². The molecule has 0 saturated carbocycles. The fourth-order valence-corrected chi connectivity index (χ4v) is 2.38. The smallest absolute Gasteiger partial charge is 0.125 e. The molecule has 0 aliphatic carbocycles. The summed E-state index contributed by atoms with van der Waals surface area (Å²) in [6.07, 6.45) is 0.851. The van der Waals surface area contributed by atoms with Gasteiger partial charge in [-0.15, -0.1) is 0 Å². The van der Waals surface area contributed by atoms with E-state index in [1.165, 1.54) is 27.8 Å². The fourth-order valence-electron chi connectivity index (χ4n) is 2.38. The van der Waals surface area contributed by atoms with E-state index in [0.29, 0.717) is 13.2 Å². The zero-order valence-electron chi connectivity index (χ0n) is 12.6. The van der Waals surface area contributed by atoms with Crippen molar-refractivity contribution in [1.29, 1.82) is 0 Å². The lowest BCUT2D eigenvalue weighted by atomic mass is 10.1. The molecule has 2 heteroatoms. The molecule has 0 spiro atoms. The van der Waals surface area contributed by atoms with Crippen LogP contribution in [0.5, 0.6) is 5.75 Å². The third-order valence-electron chi connectivity index (χ3n) is 3.58. The van der Waals surface area contributed by atoms with Gasteiger partial charge in [0, 0.05) is 0 Å². The number of hydrogen-bond donors (Lipinski definition) is 1. The SMILES string of the molecule is Cc1ccc(C)c(COc2c(C)cccc2CCN)c1. The third-order valence-corrected chi connectivity index (χ3v) is 3.58. The normalized spacial score (nSPS) is 10.6. The summed E-state index contributed by atoms with van der Waals surface area (Å²) in [5.41, 5.74) is 11.8. The Morgan fingerprint density at radius 2 is 1.75 bits per heavy atom. The van der Waals surface area contributed by atoms with E-state index in [1.54, 1.807) is 0 Å². The molecule has 0 saturated heterocycles. The molecule has 0 radical (unpaired) electrons. The number of hydrogen-bond acceptors (Lipinski definition) is 2. The molecule has 0 bridgehead atoms. The summed E-state index contributed by atoms with van der Waals surface area (Å²) < 4.78 is 6.09. The Kier molecular flexibility index (Phi) is 4.80. The number of para-hydroxylation sites is 1. The minimum atomic E-state index is 0.607. The topological polar surface area (TPSA) is 35.2 Å². The lowest BCUT2D eigenvalue weighted by molar-refractivity contribution is 0.300. The van der Waals surface area contributed by atoms with Gasteiger partial charge in [0.1, 0.15) is 12.4 Å². The van der Waals surface area contributed by atoms with Gasteiger partial charge in [0.15, 0.2) is 0 Å². The Morgan fingerprint density at radius 3 is 2.50 bits per heavy atom. The molecule has 0 amide bonds. The second kappa shape index (κ2) is 6.58. The molecule has 2 aromatic carbocycles. The van der Waals surface area contributed by atoms with Crippen LogP contribution in [0.3, 0.4) is 0 Å². The summed E-state index contributed by atoms with van der Waals surface area (Å²) >= 11 is 0. The Bertz CT molecular complexity index is 590. The van der Waals surface area contributed by atoms with Crippen LogP contribution in [0.2, 0.25) is 0 Å². The average molecular weight is 269 g/mol. The number of ether oxygens (including phenoxy) is 1. The Balaban J connectivity index is 2.20. The molecule has 0 fully saturated rings. The van der Waals surface area contributed by atoms with Crippen molar-refractivity contribution in [1.82, 2.24) is 0 Å². The van der Waals surface area contributed by atoms with Crippen LogP contribution in [0.15, 0.2) is 36.4 Å². The van der Waals surface area contributed by atoms with E-state index in [9.17, 15) is 0 Å². The van der Waals surface area contributed by atoms with Crippen LogP contribution in [-0.4, -0.2) is 6.54 Å². The van der Waals surface area contributed by atoms with Gasteiger partial charge in [-0.3, -0.25) is 0 Å². The molecule has 2 aromatic rings. The van der Waals surface area contributed by atoms with E-state index in [-0.39, 0.29) is 0 Å². The van der Waals surface area contributed by atoms with Crippen molar-refractivity contribution in [3.05, 3.63) is 64.2 Å². The molecule has 0 atom stereocenters. The van der Waals surface area contributed by atoms with Gasteiger partial charge < -0.3 is 10.5 Å². The van der Waals surface area contributed by atoms with Crippen molar-refractivity contribution in [3.63, 3.8) is 0 Å². The lowest BCUT2D eigenvalue weighted by Gasteiger charge is -2.15. The highest BCUT2D eigenvalue weighted by Crippen LogP contribution is 2.25. The van der Waals surface area contributed by atoms with Crippen molar-refractivity contribution in [2.24, 2.45) is 5.73 Å². The van der Waals surface area contributed by atoms with E-state index >= 15 is 0 Å². The van der Waals surface area contributed by atoms with Crippen molar-refractivity contribution < 1.29 is 4.74 Å². The molecule has 2 N–H and O–H groups in total. The quantitative estimate of drug-likeness (QED) is 0.898. The van der Waals surface area contributed by atoms with E-state index in [0.717, 1.165) is 12.2 Å². The summed E-state index contributed by atoms with van der Waals surface area (Å²) in [7, 11) is 0. The first-order valence-electron chi connectivity index (χ1n) is 7.09.